The van der Waals surface area contributed by atoms with Crippen molar-refractivity contribution in [1.29, 1.82) is 0 Å². The smallest absolute Gasteiger partial charge is 0.243 e. The van der Waals surface area contributed by atoms with Gasteiger partial charge in [0.25, 0.3) is 0 Å². The molecule has 2 heterocycles. The predicted octanol–water partition coefficient (Wildman–Crippen LogP) is 2.18. The highest BCUT2D eigenvalue weighted by Gasteiger charge is 2.33. The second-order valence-corrected chi connectivity index (χ2v) is 10.4. The van der Waals surface area contributed by atoms with Crippen LogP contribution >= 0.6 is 27.7 Å². The lowest BCUT2D eigenvalue weighted by molar-refractivity contribution is -0.125. The van der Waals surface area contributed by atoms with E-state index in [9.17, 15) is 13.2 Å². The van der Waals surface area contributed by atoms with E-state index in [0.717, 1.165) is 10.3 Å². The first-order valence-electron chi connectivity index (χ1n) is 8.91. The molecule has 1 aromatic heterocycles. The number of rotatable bonds is 7. The summed E-state index contributed by atoms with van der Waals surface area (Å²) in [6, 6.07) is 6.55. The molecular formula is C17H22BrN5O3S2. The SMILES string of the molecule is Cc1nc(SCCNC(=O)[C@@H]2CCCN(S(=O)(=O)c3ccc(Br)cc3)C2)n[nH]1. The zero-order chi connectivity index (χ0) is 20.1. The van der Waals surface area contributed by atoms with Crippen molar-refractivity contribution in [3.05, 3.63) is 34.6 Å². The number of thioether (sulfide) groups is 1. The van der Waals surface area contributed by atoms with Gasteiger partial charge in [0.2, 0.25) is 21.1 Å². The van der Waals surface area contributed by atoms with Crippen molar-refractivity contribution in [2.24, 2.45) is 5.92 Å². The second kappa shape index (κ2) is 9.38. The van der Waals surface area contributed by atoms with Crippen LogP contribution < -0.4 is 5.32 Å². The summed E-state index contributed by atoms with van der Waals surface area (Å²) in [5.41, 5.74) is 0. The lowest BCUT2D eigenvalue weighted by Crippen LogP contribution is -2.45. The highest BCUT2D eigenvalue weighted by molar-refractivity contribution is 9.10. The molecule has 1 aromatic carbocycles. The lowest BCUT2D eigenvalue weighted by atomic mass is 9.99. The van der Waals surface area contributed by atoms with Crippen LogP contribution in [0.5, 0.6) is 0 Å². The van der Waals surface area contributed by atoms with Gasteiger partial charge in [0, 0.05) is 29.9 Å². The van der Waals surface area contributed by atoms with E-state index in [-0.39, 0.29) is 23.3 Å². The molecule has 11 heteroatoms. The molecule has 1 aliphatic heterocycles. The van der Waals surface area contributed by atoms with E-state index < -0.39 is 10.0 Å². The quantitative estimate of drug-likeness (QED) is 0.457. The first-order chi connectivity index (χ1) is 13.4. The van der Waals surface area contributed by atoms with Crippen LogP contribution in [-0.2, 0) is 14.8 Å². The van der Waals surface area contributed by atoms with Crippen LogP contribution in [0, 0.1) is 12.8 Å². The van der Waals surface area contributed by atoms with Crippen molar-refractivity contribution >= 4 is 43.6 Å². The summed E-state index contributed by atoms with van der Waals surface area (Å²) in [5.74, 6) is 0.953. The molecule has 1 fully saturated rings. The van der Waals surface area contributed by atoms with Gasteiger partial charge in [-0.1, -0.05) is 27.7 Å². The maximum absolute atomic E-state index is 12.8. The van der Waals surface area contributed by atoms with E-state index >= 15 is 0 Å². The van der Waals surface area contributed by atoms with Crippen molar-refractivity contribution in [2.45, 2.75) is 29.8 Å². The van der Waals surface area contributed by atoms with Crippen LogP contribution in [0.1, 0.15) is 18.7 Å². The number of benzene rings is 1. The highest BCUT2D eigenvalue weighted by Crippen LogP contribution is 2.25. The summed E-state index contributed by atoms with van der Waals surface area (Å²) in [4.78, 5) is 16.9. The van der Waals surface area contributed by atoms with E-state index in [1.807, 2.05) is 6.92 Å². The van der Waals surface area contributed by atoms with E-state index in [1.54, 1.807) is 24.3 Å². The van der Waals surface area contributed by atoms with E-state index in [1.165, 1.54) is 16.1 Å². The Balaban J connectivity index is 1.52. The van der Waals surface area contributed by atoms with Gasteiger partial charge >= 0.3 is 0 Å². The fraction of sp³-hybridized carbons (Fsp3) is 0.471. The third-order valence-electron chi connectivity index (χ3n) is 4.42. The standard InChI is InChI=1S/C17H22BrN5O3S2/c1-12-20-17(22-21-12)27-10-8-19-16(24)13-3-2-9-23(11-13)28(25,26)15-6-4-14(18)5-7-15/h4-7,13H,2-3,8-11H2,1H3,(H,19,24)(H,20,21,22)/t13-/m1/s1. The van der Waals surface area contributed by atoms with Gasteiger partial charge in [0.05, 0.1) is 10.8 Å². The Bertz CT molecular complexity index is 917. The van der Waals surface area contributed by atoms with Gasteiger partial charge in [0.15, 0.2) is 0 Å². The van der Waals surface area contributed by atoms with Gasteiger partial charge in [-0.05, 0) is 44.0 Å². The Kier molecular flexibility index (Phi) is 7.13. The van der Waals surface area contributed by atoms with Crippen LogP contribution in [0.2, 0.25) is 0 Å². The number of H-pyrrole nitrogens is 1. The summed E-state index contributed by atoms with van der Waals surface area (Å²) >= 11 is 4.76. The summed E-state index contributed by atoms with van der Waals surface area (Å²) < 4.78 is 27.9. The van der Waals surface area contributed by atoms with E-state index in [2.05, 4.69) is 36.4 Å². The topological polar surface area (TPSA) is 108 Å². The number of carbonyl (C=O) groups excluding carboxylic acids is 1. The molecule has 152 valence electrons. The molecule has 1 atom stereocenters. The van der Waals surface area contributed by atoms with Gasteiger partial charge in [-0.25, -0.2) is 13.4 Å². The minimum atomic E-state index is -3.60. The molecular weight excluding hydrogens is 466 g/mol. The normalized spacial score (nSPS) is 18.1. The fourth-order valence-electron chi connectivity index (χ4n) is 2.98. The summed E-state index contributed by atoms with van der Waals surface area (Å²) in [6.07, 6.45) is 1.35. The number of aryl methyl sites for hydroxylation is 1. The summed E-state index contributed by atoms with van der Waals surface area (Å²) in [6.45, 7) is 2.95. The van der Waals surface area contributed by atoms with Crippen LogP contribution in [-0.4, -0.2) is 59.2 Å². The second-order valence-electron chi connectivity index (χ2n) is 6.50. The largest absolute Gasteiger partial charge is 0.355 e. The summed E-state index contributed by atoms with van der Waals surface area (Å²) in [5, 5.41) is 10.3. The van der Waals surface area contributed by atoms with Crippen molar-refractivity contribution in [3.63, 3.8) is 0 Å². The average molecular weight is 488 g/mol. The van der Waals surface area contributed by atoms with Gasteiger partial charge in [-0.15, -0.1) is 5.10 Å². The van der Waals surface area contributed by atoms with Crippen LogP contribution in [0.3, 0.4) is 0 Å². The maximum atomic E-state index is 12.8. The number of amides is 1. The number of hydrogen-bond donors (Lipinski definition) is 2. The summed E-state index contributed by atoms with van der Waals surface area (Å²) in [7, 11) is -3.60. The number of carbonyl (C=O) groups is 1. The van der Waals surface area contributed by atoms with Crippen molar-refractivity contribution in [2.75, 3.05) is 25.4 Å². The number of aromatic nitrogens is 3. The molecule has 0 aliphatic carbocycles. The molecule has 0 unspecified atom stereocenters. The molecule has 0 spiro atoms. The van der Waals surface area contributed by atoms with Gasteiger partial charge in [-0.3, -0.25) is 9.89 Å². The molecule has 2 aromatic rings. The highest BCUT2D eigenvalue weighted by atomic mass is 79.9. The predicted molar refractivity (Wildman–Crippen MR) is 110 cm³/mol. The molecule has 1 saturated heterocycles. The zero-order valence-corrected chi connectivity index (χ0v) is 18.6. The van der Waals surface area contributed by atoms with Gasteiger partial charge in [-0.2, -0.15) is 4.31 Å². The zero-order valence-electron chi connectivity index (χ0n) is 15.4. The number of nitrogens with zero attached hydrogens (tertiary/aromatic N) is 3. The molecule has 2 N–H and O–H groups in total. The van der Waals surface area contributed by atoms with Gasteiger partial charge < -0.3 is 5.32 Å². The first kappa shape index (κ1) is 21.3. The van der Waals surface area contributed by atoms with Crippen LogP contribution in [0.15, 0.2) is 38.8 Å². The number of piperidine rings is 1. The number of nitrogens with one attached hydrogen (secondary N) is 2. The van der Waals surface area contributed by atoms with E-state index in [0.29, 0.717) is 36.8 Å². The van der Waals surface area contributed by atoms with Crippen LogP contribution in [0.25, 0.3) is 0 Å². The average Bonchev–Trinajstić information content (AvgIpc) is 3.10. The molecule has 1 aliphatic rings. The Labute approximate surface area is 177 Å². The Morgan fingerprint density at radius 3 is 2.82 bits per heavy atom. The Morgan fingerprint density at radius 1 is 1.39 bits per heavy atom. The Morgan fingerprint density at radius 2 is 2.14 bits per heavy atom. The molecule has 0 radical (unpaired) electrons. The minimum Gasteiger partial charge on any atom is -0.355 e. The van der Waals surface area contributed by atoms with Gasteiger partial charge in [0.1, 0.15) is 5.82 Å². The number of halogens is 1. The number of hydrogen-bond acceptors (Lipinski definition) is 6. The molecule has 3 rings (SSSR count). The van der Waals surface area contributed by atoms with Crippen LogP contribution in [0.4, 0.5) is 0 Å². The molecule has 8 nitrogen and oxygen atoms in total. The monoisotopic (exact) mass is 487 g/mol. The van der Waals surface area contributed by atoms with Crippen molar-refractivity contribution in [1.82, 2.24) is 24.8 Å². The molecule has 0 saturated carbocycles. The maximum Gasteiger partial charge on any atom is 0.243 e. The number of sulfonamides is 1. The fourth-order valence-corrected chi connectivity index (χ4v) is 5.46. The van der Waals surface area contributed by atoms with E-state index in [4.69, 9.17) is 0 Å². The molecule has 28 heavy (non-hydrogen) atoms. The third kappa shape index (κ3) is 5.34. The molecule has 0 bridgehead atoms. The minimum absolute atomic E-state index is 0.109. The van der Waals surface area contributed by atoms with Crippen molar-refractivity contribution in [3.8, 4) is 0 Å². The third-order valence-corrected chi connectivity index (χ3v) is 7.67. The lowest BCUT2D eigenvalue weighted by Gasteiger charge is -2.31. The first-order valence-corrected chi connectivity index (χ1v) is 12.1. The van der Waals surface area contributed by atoms with Crippen molar-refractivity contribution < 1.29 is 13.2 Å². The number of aromatic amines is 1. The molecule has 1 amide bonds. The Hall–Kier alpha value is -1.43.